The Balaban J connectivity index is 2.94. The largest absolute Gasteiger partial charge is 0.504 e. The summed E-state index contributed by atoms with van der Waals surface area (Å²) in [5.41, 5.74) is 0.701. The van der Waals surface area contributed by atoms with E-state index in [4.69, 9.17) is 9.84 Å². The van der Waals surface area contributed by atoms with E-state index in [0.29, 0.717) is 17.7 Å². The monoisotopic (exact) mass is 210 g/mol. The molecule has 0 bridgehead atoms. The zero-order valence-electron chi connectivity index (χ0n) is 8.73. The normalized spacial score (nSPS) is 12.1. The highest BCUT2D eigenvalue weighted by Crippen LogP contribution is 2.31. The van der Waals surface area contributed by atoms with Crippen LogP contribution in [0, 0.1) is 5.92 Å². The molecule has 1 rings (SSSR count). The van der Waals surface area contributed by atoms with Gasteiger partial charge >= 0.3 is 5.97 Å². The summed E-state index contributed by atoms with van der Waals surface area (Å²) in [6.07, 6.45) is 0.340. The van der Waals surface area contributed by atoms with Gasteiger partial charge in [-0.2, -0.15) is 0 Å². The average Bonchev–Trinajstić information content (AvgIpc) is 2.18. The lowest BCUT2D eigenvalue weighted by Crippen LogP contribution is -2.12. The molecule has 4 heteroatoms. The fourth-order valence-corrected chi connectivity index (χ4v) is 1.38. The van der Waals surface area contributed by atoms with Crippen LogP contribution in [-0.2, 0) is 11.2 Å². The molecule has 0 aliphatic carbocycles. The number of aromatic hydroxyl groups is 1. The van der Waals surface area contributed by atoms with Crippen molar-refractivity contribution in [3.8, 4) is 11.5 Å². The molecule has 82 valence electrons. The lowest BCUT2D eigenvalue weighted by Gasteiger charge is -2.11. The molecular formula is C11H14O4. The second kappa shape index (κ2) is 4.68. The second-order valence-corrected chi connectivity index (χ2v) is 3.41. The minimum Gasteiger partial charge on any atom is -0.504 e. The first-order valence-corrected chi connectivity index (χ1v) is 4.64. The number of benzene rings is 1. The minimum absolute atomic E-state index is 0.0348. The Bertz CT molecular complexity index is 360. The van der Waals surface area contributed by atoms with Crippen LogP contribution in [0.25, 0.3) is 0 Å². The van der Waals surface area contributed by atoms with Gasteiger partial charge < -0.3 is 14.9 Å². The van der Waals surface area contributed by atoms with Crippen LogP contribution >= 0.6 is 0 Å². The molecule has 1 aromatic carbocycles. The lowest BCUT2D eigenvalue weighted by molar-refractivity contribution is -0.141. The van der Waals surface area contributed by atoms with Crippen molar-refractivity contribution >= 4 is 5.97 Å². The standard InChI is InChI=1S/C11H14O4/c1-7(11(13)14)6-8-4-3-5-9(12)10(8)15-2/h3-5,7,12H,6H2,1-2H3,(H,13,14). The summed E-state index contributed by atoms with van der Waals surface area (Å²) >= 11 is 0. The summed E-state index contributed by atoms with van der Waals surface area (Å²) in [5, 5.41) is 18.2. The van der Waals surface area contributed by atoms with Crippen molar-refractivity contribution in [1.29, 1.82) is 0 Å². The Kier molecular flexibility index (Phi) is 3.55. The molecule has 0 saturated heterocycles. The topological polar surface area (TPSA) is 66.8 Å². The van der Waals surface area contributed by atoms with Crippen LogP contribution in [0.15, 0.2) is 18.2 Å². The summed E-state index contributed by atoms with van der Waals surface area (Å²) in [6.45, 7) is 1.62. The van der Waals surface area contributed by atoms with Gasteiger partial charge in [-0.15, -0.1) is 0 Å². The SMILES string of the molecule is COc1c(O)cccc1CC(C)C(=O)O. The molecule has 1 unspecified atom stereocenters. The van der Waals surface area contributed by atoms with Crippen molar-refractivity contribution in [3.05, 3.63) is 23.8 Å². The second-order valence-electron chi connectivity index (χ2n) is 3.41. The van der Waals surface area contributed by atoms with E-state index in [9.17, 15) is 9.90 Å². The van der Waals surface area contributed by atoms with Crippen LogP contribution in [-0.4, -0.2) is 23.3 Å². The molecule has 2 N–H and O–H groups in total. The maximum Gasteiger partial charge on any atom is 0.306 e. The van der Waals surface area contributed by atoms with Crippen molar-refractivity contribution < 1.29 is 19.7 Å². The third-order valence-corrected chi connectivity index (χ3v) is 2.23. The molecule has 0 saturated carbocycles. The van der Waals surface area contributed by atoms with E-state index < -0.39 is 11.9 Å². The molecule has 0 heterocycles. The van der Waals surface area contributed by atoms with Crippen LogP contribution in [0.1, 0.15) is 12.5 Å². The smallest absolute Gasteiger partial charge is 0.306 e. The highest BCUT2D eigenvalue weighted by Gasteiger charge is 2.15. The number of rotatable bonds is 4. The van der Waals surface area contributed by atoms with Gasteiger partial charge in [0.15, 0.2) is 11.5 Å². The van der Waals surface area contributed by atoms with Gasteiger partial charge in [0.25, 0.3) is 0 Å². The fourth-order valence-electron chi connectivity index (χ4n) is 1.38. The molecule has 0 aliphatic rings. The van der Waals surface area contributed by atoms with Gasteiger partial charge in [0.2, 0.25) is 0 Å². The van der Waals surface area contributed by atoms with Gasteiger partial charge in [0.05, 0.1) is 13.0 Å². The summed E-state index contributed by atoms with van der Waals surface area (Å²) < 4.78 is 5.01. The molecule has 4 nitrogen and oxygen atoms in total. The molecule has 1 aromatic rings. The maximum atomic E-state index is 10.7. The highest BCUT2D eigenvalue weighted by molar-refractivity contribution is 5.70. The number of methoxy groups -OCH3 is 1. The predicted octanol–water partition coefficient (Wildman–Crippen LogP) is 1.66. The van der Waals surface area contributed by atoms with Crippen LogP contribution in [0.5, 0.6) is 11.5 Å². The summed E-state index contributed by atoms with van der Waals surface area (Å²) in [6, 6.07) is 4.92. The number of carboxylic acids is 1. The molecule has 0 spiro atoms. The van der Waals surface area contributed by atoms with Crippen molar-refractivity contribution in [1.82, 2.24) is 0 Å². The molecule has 0 radical (unpaired) electrons. The highest BCUT2D eigenvalue weighted by atomic mass is 16.5. The molecule has 0 aliphatic heterocycles. The lowest BCUT2D eigenvalue weighted by atomic mass is 10.0. The van der Waals surface area contributed by atoms with Gasteiger partial charge in [0, 0.05) is 0 Å². The minimum atomic E-state index is -0.861. The number of aliphatic carboxylic acids is 1. The summed E-state index contributed by atoms with van der Waals surface area (Å²) in [7, 11) is 1.45. The number of carboxylic acid groups (broad SMARTS) is 1. The van der Waals surface area contributed by atoms with Gasteiger partial charge in [-0.3, -0.25) is 4.79 Å². The third kappa shape index (κ3) is 2.62. The third-order valence-electron chi connectivity index (χ3n) is 2.23. The van der Waals surface area contributed by atoms with Crippen molar-refractivity contribution in [3.63, 3.8) is 0 Å². The van der Waals surface area contributed by atoms with E-state index in [1.54, 1.807) is 19.1 Å². The van der Waals surface area contributed by atoms with Crippen molar-refractivity contribution in [2.45, 2.75) is 13.3 Å². The van der Waals surface area contributed by atoms with E-state index in [-0.39, 0.29) is 5.75 Å². The van der Waals surface area contributed by atoms with E-state index >= 15 is 0 Å². The van der Waals surface area contributed by atoms with E-state index in [2.05, 4.69) is 0 Å². The maximum absolute atomic E-state index is 10.7. The van der Waals surface area contributed by atoms with E-state index in [1.807, 2.05) is 0 Å². The number of carbonyl (C=O) groups is 1. The number of para-hydroxylation sites is 1. The van der Waals surface area contributed by atoms with Crippen LogP contribution in [0.3, 0.4) is 0 Å². The average molecular weight is 210 g/mol. The summed E-state index contributed by atoms with van der Waals surface area (Å²) in [4.78, 5) is 10.7. The zero-order chi connectivity index (χ0) is 11.4. The Morgan fingerprint density at radius 1 is 1.53 bits per heavy atom. The molecule has 15 heavy (non-hydrogen) atoms. The molecule has 0 amide bonds. The Morgan fingerprint density at radius 3 is 2.73 bits per heavy atom. The van der Waals surface area contributed by atoms with Gasteiger partial charge in [-0.1, -0.05) is 19.1 Å². The number of ether oxygens (including phenoxy) is 1. The Morgan fingerprint density at radius 2 is 2.20 bits per heavy atom. The molecular weight excluding hydrogens is 196 g/mol. The van der Waals surface area contributed by atoms with Gasteiger partial charge in [-0.25, -0.2) is 0 Å². The number of phenolic OH excluding ortho intramolecular Hbond substituents is 1. The van der Waals surface area contributed by atoms with E-state index in [0.717, 1.165) is 0 Å². The zero-order valence-corrected chi connectivity index (χ0v) is 8.73. The first-order chi connectivity index (χ1) is 7.06. The number of phenols is 1. The Labute approximate surface area is 88.1 Å². The van der Waals surface area contributed by atoms with Gasteiger partial charge in [-0.05, 0) is 18.1 Å². The summed E-state index contributed by atoms with van der Waals surface area (Å²) in [5.74, 6) is -0.973. The molecule has 0 fully saturated rings. The van der Waals surface area contributed by atoms with Crippen molar-refractivity contribution in [2.24, 2.45) is 5.92 Å². The van der Waals surface area contributed by atoms with Crippen molar-refractivity contribution in [2.75, 3.05) is 7.11 Å². The quantitative estimate of drug-likeness (QED) is 0.793. The fraction of sp³-hybridized carbons (Fsp3) is 0.364. The van der Waals surface area contributed by atoms with Crippen LogP contribution in [0.4, 0.5) is 0 Å². The molecule has 0 aromatic heterocycles. The predicted molar refractivity (Wildman–Crippen MR) is 55.2 cm³/mol. The number of hydrogen-bond acceptors (Lipinski definition) is 3. The first-order valence-electron chi connectivity index (χ1n) is 4.64. The van der Waals surface area contributed by atoms with Crippen LogP contribution in [0.2, 0.25) is 0 Å². The van der Waals surface area contributed by atoms with Gasteiger partial charge in [0.1, 0.15) is 0 Å². The Hall–Kier alpha value is -1.71. The first kappa shape index (κ1) is 11.4. The molecule has 1 atom stereocenters. The van der Waals surface area contributed by atoms with Crippen LogP contribution < -0.4 is 4.74 Å². The number of hydrogen-bond donors (Lipinski definition) is 2. The van der Waals surface area contributed by atoms with E-state index in [1.165, 1.54) is 13.2 Å².